The third-order valence-corrected chi connectivity index (χ3v) is 3.75. The van der Waals surface area contributed by atoms with E-state index in [1.54, 1.807) is 42.9 Å². The van der Waals surface area contributed by atoms with Crippen LogP contribution in [-0.4, -0.2) is 10.9 Å². The summed E-state index contributed by atoms with van der Waals surface area (Å²) in [6.45, 7) is 8.32. The van der Waals surface area contributed by atoms with Crippen LogP contribution in [0.15, 0.2) is 36.5 Å². The maximum atomic E-state index is 11.9. The number of rotatable bonds is 6. The van der Waals surface area contributed by atoms with Gasteiger partial charge in [-0.3, -0.25) is 4.79 Å². The van der Waals surface area contributed by atoms with E-state index >= 15 is 0 Å². The molecule has 0 saturated heterocycles. The highest BCUT2D eigenvalue weighted by Crippen LogP contribution is 2.25. The number of benzene rings is 1. The van der Waals surface area contributed by atoms with Gasteiger partial charge in [-0.1, -0.05) is 20.8 Å². The molecule has 0 spiro atoms. The average Bonchev–Trinajstić information content (AvgIpc) is 2.57. The van der Waals surface area contributed by atoms with E-state index < -0.39 is 0 Å². The zero-order valence-corrected chi connectivity index (χ0v) is 15.7. The lowest BCUT2D eigenvalue weighted by Gasteiger charge is -2.17. The Balaban J connectivity index is 1.90. The fourth-order valence-electron chi connectivity index (χ4n) is 2.29. The van der Waals surface area contributed by atoms with E-state index in [9.17, 15) is 4.79 Å². The first-order chi connectivity index (χ1) is 12.3. The molecule has 2 aromatic rings. The number of carbonyl (C=O) groups excluding carboxylic acids is 1. The number of carbonyl (C=O) groups is 1. The van der Waals surface area contributed by atoms with Crippen molar-refractivity contribution in [3.05, 3.63) is 54.1 Å². The summed E-state index contributed by atoms with van der Waals surface area (Å²) in [6, 6.07) is 10.7. The second kappa shape index (κ2) is 8.48. The number of anilines is 1. The van der Waals surface area contributed by atoms with Gasteiger partial charge in [-0.05, 0) is 55.0 Å². The summed E-state index contributed by atoms with van der Waals surface area (Å²) < 4.78 is 5.73. The van der Waals surface area contributed by atoms with E-state index in [0.29, 0.717) is 22.9 Å². The molecule has 1 amide bonds. The van der Waals surface area contributed by atoms with Crippen molar-refractivity contribution in [2.75, 3.05) is 5.32 Å². The fourth-order valence-corrected chi connectivity index (χ4v) is 2.29. The van der Waals surface area contributed by atoms with Crippen LogP contribution >= 0.6 is 0 Å². The minimum absolute atomic E-state index is 0.132. The van der Waals surface area contributed by atoms with Gasteiger partial charge in [-0.15, -0.1) is 0 Å². The van der Waals surface area contributed by atoms with Crippen LogP contribution in [0.4, 0.5) is 5.69 Å². The minimum atomic E-state index is -0.132. The molecular weight excluding hydrogens is 326 g/mol. The molecule has 0 atom stereocenters. The van der Waals surface area contributed by atoms with Crippen molar-refractivity contribution in [2.24, 2.45) is 5.41 Å². The lowest BCUT2D eigenvalue weighted by Crippen LogP contribution is -2.14. The van der Waals surface area contributed by atoms with Gasteiger partial charge in [0.25, 0.3) is 0 Å². The molecule has 1 radical (unpaired) electrons. The molecule has 135 valence electrons. The SMILES string of the molecule is Cc1cc(C#N)ccc1Oc1ccc(NC(=O)[CH]CCC(C)(C)C)cn1. The largest absolute Gasteiger partial charge is 0.439 e. The molecule has 0 bridgehead atoms. The Bertz CT molecular complexity index is 799. The van der Waals surface area contributed by atoms with Crippen molar-refractivity contribution in [3.8, 4) is 17.7 Å². The molecule has 1 aromatic carbocycles. The molecule has 0 fully saturated rings. The Morgan fingerprint density at radius 3 is 2.65 bits per heavy atom. The number of aryl methyl sites for hydroxylation is 1. The van der Waals surface area contributed by atoms with Crippen LogP contribution in [-0.2, 0) is 4.79 Å². The number of pyridine rings is 1. The van der Waals surface area contributed by atoms with Gasteiger partial charge in [-0.25, -0.2) is 4.98 Å². The lowest BCUT2D eigenvalue weighted by molar-refractivity contribution is -0.113. The first-order valence-corrected chi connectivity index (χ1v) is 8.56. The summed E-state index contributed by atoms with van der Waals surface area (Å²) in [4.78, 5) is 16.1. The molecule has 0 unspecified atom stereocenters. The summed E-state index contributed by atoms with van der Waals surface area (Å²) in [5, 5.41) is 11.7. The lowest BCUT2D eigenvalue weighted by atomic mass is 9.90. The first-order valence-electron chi connectivity index (χ1n) is 8.56. The van der Waals surface area contributed by atoms with Gasteiger partial charge in [0.2, 0.25) is 11.8 Å². The quantitative estimate of drug-likeness (QED) is 0.793. The molecule has 1 heterocycles. The number of hydrogen-bond acceptors (Lipinski definition) is 4. The van der Waals surface area contributed by atoms with Crippen LogP contribution < -0.4 is 10.1 Å². The molecule has 5 nitrogen and oxygen atoms in total. The molecule has 0 saturated carbocycles. The van der Waals surface area contributed by atoms with Gasteiger partial charge in [-0.2, -0.15) is 5.26 Å². The van der Waals surface area contributed by atoms with E-state index in [1.165, 1.54) is 0 Å². The number of nitrogens with one attached hydrogen (secondary N) is 1. The topological polar surface area (TPSA) is 75.0 Å². The molecule has 26 heavy (non-hydrogen) atoms. The van der Waals surface area contributed by atoms with Crippen LogP contribution in [0, 0.1) is 30.1 Å². The number of hydrogen-bond donors (Lipinski definition) is 1. The first kappa shape index (κ1) is 19.5. The number of aromatic nitrogens is 1. The molecule has 1 N–H and O–H groups in total. The zero-order chi connectivity index (χ0) is 19.2. The summed E-state index contributed by atoms with van der Waals surface area (Å²) in [5.41, 5.74) is 2.27. The Morgan fingerprint density at radius 2 is 2.08 bits per heavy atom. The maximum Gasteiger partial charge on any atom is 0.228 e. The predicted molar refractivity (Wildman–Crippen MR) is 102 cm³/mol. The summed E-state index contributed by atoms with van der Waals surface area (Å²) in [7, 11) is 0. The van der Waals surface area contributed by atoms with Crippen LogP contribution in [0.5, 0.6) is 11.6 Å². The van der Waals surface area contributed by atoms with E-state index in [0.717, 1.165) is 18.4 Å². The van der Waals surface area contributed by atoms with Crippen molar-refractivity contribution in [3.63, 3.8) is 0 Å². The second-order valence-electron chi connectivity index (χ2n) is 7.37. The summed E-state index contributed by atoms with van der Waals surface area (Å²) in [5.74, 6) is 0.934. The van der Waals surface area contributed by atoms with Crippen molar-refractivity contribution < 1.29 is 9.53 Å². The van der Waals surface area contributed by atoms with Gasteiger partial charge in [0.05, 0.1) is 23.5 Å². The maximum absolute atomic E-state index is 11.9. The van der Waals surface area contributed by atoms with Crippen LogP contribution in [0.1, 0.15) is 44.7 Å². The van der Waals surface area contributed by atoms with Crippen molar-refractivity contribution >= 4 is 11.6 Å². The van der Waals surface area contributed by atoms with Gasteiger partial charge >= 0.3 is 0 Å². The number of nitriles is 1. The molecule has 1 aromatic heterocycles. The minimum Gasteiger partial charge on any atom is -0.439 e. The monoisotopic (exact) mass is 350 g/mol. The number of nitrogens with zero attached hydrogens (tertiary/aromatic N) is 2. The Kier molecular flexibility index (Phi) is 6.35. The molecule has 0 aliphatic heterocycles. The highest BCUT2D eigenvalue weighted by molar-refractivity contribution is 5.96. The van der Waals surface area contributed by atoms with E-state index in [4.69, 9.17) is 10.00 Å². The molecule has 2 rings (SSSR count). The third kappa shape index (κ3) is 6.21. The highest BCUT2D eigenvalue weighted by Gasteiger charge is 2.12. The Morgan fingerprint density at radius 1 is 1.31 bits per heavy atom. The van der Waals surface area contributed by atoms with Crippen LogP contribution in [0.2, 0.25) is 0 Å². The molecule has 0 aliphatic carbocycles. The third-order valence-electron chi connectivity index (χ3n) is 3.75. The van der Waals surface area contributed by atoms with Crippen molar-refractivity contribution in [1.82, 2.24) is 4.98 Å². The van der Waals surface area contributed by atoms with Crippen molar-refractivity contribution in [1.29, 1.82) is 5.26 Å². The number of amides is 1. The average molecular weight is 350 g/mol. The number of ether oxygens (including phenoxy) is 1. The van der Waals surface area contributed by atoms with Gasteiger partial charge in [0, 0.05) is 12.5 Å². The molecule has 5 heteroatoms. The van der Waals surface area contributed by atoms with E-state index in [2.05, 4.69) is 37.1 Å². The zero-order valence-electron chi connectivity index (χ0n) is 15.7. The standard InChI is InChI=1S/C21H24N3O2/c1-15-12-16(13-22)7-9-18(15)26-20-10-8-17(14-23-20)24-19(25)6-5-11-21(2,3)4/h6-10,12,14H,5,11H2,1-4H3,(H,24,25). The summed E-state index contributed by atoms with van der Waals surface area (Å²) >= 11 is 0. The van der Waals surface area contributed by atoms with E-state index in [1.807, 2.05) is 6.92 Å². The van der Waals surface area contributed by atoms with Gasteiger partial charge in [0.1, 0.15) is 5.75 Å². The van der Waals surface area contributed by atoms with E-state index in [-0.39, 0.29) is 11.3 Å². The van der Waals surface area contributed by atoms with Gasteiger partial charge < -0.3 is 10.1 Å². The molecular formula is C21H24N3O2. The Labute approximate surface area is 155 Å². The van der Waals surface area contributed by atoms with Crippen LogP contribution in [0.25, 0.3) is 0 Å². The molecule has 0 aliphatic rings. The van der Waals surface area contributed by atoms with Crippen molar-refractivity contribution in [2.45, 2.75) is 40.5 Å². The highest BCUT2D eigenvalue weighted by atomic mass is 16.5. The second-order valence-corrected chi connectivity index (χ2v) is 7.37. The van der Waals surface area contributed by atoms with Gasteiger partial charge in [0.15, 0.2) is 0 Å². The normalized spacial score (nSPS) is 10.9. The fraction of sp³-hybridized carbons (Fsp3) is 0.333. The predicted octanol–water partition coefficient (Wildman–Crippen LogP) is 5.02. The van der Waals surface area contributed by atoms with Crippen LogP contribution in [0.3, 0.4) is 0 Å². The summed E-state index contributed by atoms with van der Waals surface area (Å²) in [6.07, 6.45) is 4.91. The Hall–Kier alpha value is -2.87. The smallest absolute Gasteiger partial charge is 0.228 e.